The maximum atomic E-state index is 10.1. The van der Waals surface area contributed by atoms with Crippen molar-refractivity contribution in [3.63, 3.8) is 0 Å². The van der Waals surface area contributed by atoms with E-state index >= 15 is 0 Å². The Labute approximate surface area is 138 Å². The highest BCUT2D eigenvalue weighted by molar-refractivity contribution is 5.58. The van der Waals surface area contributed by atoms with Gasteiger partial charge in [0.25, 0.3) is 0 Å². The van der Waals surface area contributed by atoms with Crippen LogP contribution in [-0.2, 0) is 6.42 Å². The molecule has 1 aromatic carbocycles. The average Bonchev–Trinajstić information content (AvgIpc) is 3.05. The van der Waals surface area contributed by atoms with Gasteiger partial charge in [0.1, 0.15) is 11.5 Å². The molecule has 1 aromatic heterocycles. The van der Waals surface area contributed by atoms with Crippen molar-refractivity contribution in [1.29, 1.82) is 0 Å². The summed E-state index contributed by atoms with van der Waals surface area (Å²) in [6, 6.07) is 12.4. The highest BCUT2D eigenvalue weighted by atomic mass is 16.5. The van der Waals surface area contributed by atoms with E-state index in [0.29, 0.717) is 6.04 Å². The normalized spacial score (nSPS) is 21.7. The molecule has 1 fully saturated rings. The fourth-order valence-corrected chi connectivity index (χ4v) is 3.45. The molecule has 4 nitrogen and oxygen atoms in total. The van der Waals surface area contributed by atoms with Crippen LogP contribution in [0.4, 0.5) is 0 Å². The van der Waals surface area contributed by atoms with Gasteiger partial charge >= 0.3 is 0 Å². The summed E-state index contributed by atoms with van der Waals surface area (Å²) >= 11 is 0. The monoisotopic (exact) mass is 314 g/mol. The first kappa shape index (κ1) is 16.2. The fourth-order valence-electron chi connectivity index (χ4n) is 3.45. The second kappa shape index (κ2) is 7.75. The standard InChI is InChI=1S/C19H26N2O2/c1-21(18-11-5-6-12-19(18)22)13-7-10-16-14-17(20-23-16)15-8-3-2-4-9-15/h2-4,8-9,14,18-19,22H,5-7,10-13H2,1H3. The minimum Gasteiger partial charge on any atom is -0.391 e. The van der Waals surface area contributed by atoms with E-state index in [0.717, 1.165) is 55.7 Å². The van der Waals surface area contributed by atoms with Crippen molar-refractivity contribution in [3.05, 3.63) is 42.2 Å². The molecule has 0 aliphatic heterocycles. The summed E-state index contributed by atoms with van der Waals surface area (Å²) < 4.78 is 5.45. The summed E-state index contributed by atoms with van der Waals surface area (Å²) in [4.78, 5) is 2.30. The zero-order valence-electron chi connectivity index (χ0n) is 13.8. The predicted octanol–water partition coefficient (Wildman–Crippen LogP) is 3.51. The van der Waals surface area contributed by atoms with Crippen molar-refractivity contribution < 1.29 is 9.63 Å². The maximum Gasteiger partial charge on any atom is 0.137 e. The van der Waals surface area contributed by atoms with E-state index in [4.69, 9.17) is 4.52 Å². The number of hydrogen-bond donors (Lipinski definition) is 1. The van der Waals surface area contributed by atoms with Gasteiger partial charge in [0.15, 0.2) is 0 Å². The van der Waals surface area contributed by atoms with Gasteiger partial charge in [0.2, 0.25) is 0 Å². The number of aliphatic hydroxyl groups excluding tert-OH is 1. The molecule has 124 valence electrons. The molecular formula is C19H26N2O2. The van der Waals surface area contributed by atoms with E-state index in [1.165, 1.54) is 6.42 Å². The van der Waals surface area contributed by atoms with Crippen LogP contribution in [0.1, 0.15) is 37.9 Å². The largest absolute Gasteiger partial charge is 0.391 e. The number of aliphatic hydroxyl groups is 1. The Morgan fingerprint density at radius 1 is 1.22 bits per heavy atom. The highest BCUT2D eigenvalue weighted by Gasteiger charge is 2.26. The molecule has 23 heavy (non-hydrogen) atoms. The lowest BCUT2D eigenvalue weighted by molar-refractivity contribution is 0.0317. The SMILES string of the molecule is CN(CCCc1cc(-c2ccccc2)no1)C1CCCCC1O. The van der Waals surface area contributed by atoms with Crippen molar-refractivity contribution in [1.82, 2.24) is 10.1 Å². The quantitative estimate of drug-likeness (QED) is 0.886. The molecule has 0 bridgehead atoms. The molecule has 0 radical (unpaired) electrons. The van der Waals surface area contributed by atoms with Crippen LogP contribution < -0.4 is 0 Å². The van der Waals surface area contributed by atoms with Crippen molar-refractivity contribution in [3.8, 4) is 11.3 Å². The lowest BCUT2D eigenvalue weighted by Crippen LogP contribution is -2.43. The number of nitrogens with zero attached hydrogens (tertiary/aromatic N) is 2. The Balaban J connectivity index is 1.48. The zero-order valence-corrected chi connectivity index (χ0v) is 13.8. The van der Waals surface area contributed by atoms with E-state index < -0.39 is 0 Å². The van der Waals surface area contributed by atoms with Crippen molar-refractivity contribution in [2.24, 2.45) is 0 Å². The summed E-state index contributed by atoms with van der Waals surface area (Å²) in [5.41, 5.74) is 1.99. The van der Waals surface area contributed by atoms with Gasteiger partial charge in [0.05, 0.1) is 6.10 Å². The molecule has 4 heteroatoms. The molecule has 1 N–H and O–H groups in total. The van der Waals surface area contributed by atoms with Crippen LogP contribution >= 0.6 is 0 Å². The average molecular weight is 314 g/mol. The van der Waals surface area contributed by atoms with Gasteiger partial charge in [-0.1, -0.05) is 48.3 Å². The molecule has 1 heterocycles. The first-order valence-corrected chi connectivity index (χ1v) is 8.63. The molecule has 2 aromatic rings. The highest BCUT2D eigenvalue weighted by Crippen LogP contribution is 2.23. The minimum absolute atomic E-state index is 0.163. The Hall–Kier alpha value is -1.65. The van der Waals surface area contributed by atoms with Crippen LogP contribution in [0.15, 0.2) is 40.9 Å². The first-order valence-electron chi connectivity index (χ1n) is 8.63. The molecule has 2 unspecified atom stereocenters. The topological polar surface area (TPSA) is 49.5 Å². The molecule has 1 aliphatic rings. The van der Waals surface area contributed by atoms with E-state index in [-0.39, 0.29) is 6.10 Å². The summed E-state index contributed by atoms with van der Waals surface area (Å²) in [7, 11) is 2.12. The van der Waals surface area contributed by atoms with Gasteiger partial charge in [-0.3, -0.25) is 0 Å². The summed E-state index contributed by atoms with van der Waals surface area (Å²) in [5.74, 6) is 0.932. The summed E-state index contributed by atoms with van der Waals surface area (Å²) in [6.45, 7) is 0.975. The van der Waals surface area contributed by atoms with Crippen LogP contribution in [0, 0.1) is 0 Å². The maximum absolute atomic E-state index is 10.1. The third kappa shape index (κ3) is 4.21. The number of rotatable bonds is 6. The second-order valence-electron chi connectivity index (χ2n) is 6.55. The number of hydrogen-bond acceptors (Lipinski definition) is 4. The number of aromatic nitrogens is 1. The predicted molar refractivity (Wildman–Crippen MR) is 91.2 cm³/mol. The first-order chi connectivity index (χ1) is 11.2. The van der Waals surface area contributed by atoms with Crippen LogP contribution in [0.5, 0.6) is 0 Å². The van der Waals surface area contributed by atoms with Crippen LogP contribution in [0.25, 0.3) is 11.3 Å². The Bertz CT molecular complexity index is 596. The minimum atomic E-state index is -0.163. The van der Waals surface area contributed by atoms with Gasteiger partial charge < -0.3 is 14.5 Å². The van der Waals surface area contributed by atoms with Crippen LogP contribution in [-0.4, -0.2) is 40.9 Å². The Kier molecular flexibility index (Phi) is 5.47. The number of benzene rings is 1. The second-order valence-corrected chi connectivity index (χ2v) is 6.55. The van der Waals surface area contributed by atoms with Gasteiger partial charge in [0, 0.05) is 24.1 Å². The van der Waals surface area contributed by atoms with E-state index in [9.17, 15) is 5.11 Å². The molecule has 1 aliphatic carbocycles. The smallest absolute Gasteiger partial charge is 0.137 e. The third-order valence-electron chi connectivity index (χ3n) is 4.82. The lowest BCUT2D eigenvalue weighted by Gasteiger charge is -2.35. The van der Waals surface area contributed by atoms with Gasteiger partial charge in [-0.05, 0) is 32.9 Å². The van der Waals surface area contributed by atoms with Gasteiger partial charge in [-0.25, -0.2) is 0 Å². The molecule has 0 spiro atoms. The summed E-state index contributed by atoms with van der Waals surface area (Å²) in [6.07, 6.45) is 6.18. The van der Waals surface area contributed by atoms with Crippen LogP contribution in [0.2, 0.25) is 0 Å². The zero-order chi connectivity index (χ0) is 16.1. The fraction of sp³-hybridized carbons (Fsp3) is 0.526. The van der Waals surface area contributed by atoms with Crippen molar-refractivity contribution in [2.75, 3.05) is 13.6 Å². The molecular weight excluding hydrogens is 288 g/mol. The molecule has 0 saturated heterocycles. The molecule has 2 atom stereocenters. The number of likely N-dealkylation sites (N-methyl/N-ethyl adjacent to an activating group) is 1. The van der Waals surface area contributed by atoms with E-state index in [1.54, 1.807) is 0 Å². The van der Waals surface area contributed by atoms with Gasteiger partial charge in [-0.2, -0.15) is 0 Å². The third-order valence-corrected chi connectivity index (χ3v) is 4.82. The van der Waals surface area contributed by atoms with Crippen LogP contribution in [0.3, 0.4) is 0 Å². The van der Waals surface area contributed by atoms with E-state index in [1.807, 2.05) is 36.4 Å². The Morgan fingerprint density at radius 3 is 2.78 bits per heavy atom. The molecule has 3 rings (SSSR count). The van der Waals surface area contributed by atoms with Crippen molar-refractivity contribution >= 4 is 0 Å². The van der Waals surface area contributed by atoms with E-state index in [2.05, 4.69) is 17.1 Å². The molecule has 0 amide bonds. The van der Waals surface area contributed by atoms with Gasteiger partial charge in [-0.15, -0.1) is 0 Å². The lowest BCUT2D eigenvalue weighted by atomic mass is 9.91. The Morgan fingerprint density at radius 2 is 2.00 bits per heavy atom. The van der Waals surface area contributed by atoms with Crippen molar-refractivity contribution in [2.45, 2.75) is 50.7 Å². The summed E-state index contributed by atoms with van der Waals surface area (Å²) in [5, 5.41) is 14.3. The number of aryl methyl sites for hydroxylation is 1. The molecule has 1 saturated carbocycles.